The number of amides is 1. The van der Waals surface area contributed by atoms with Crippen molar-refractivity contribution >= 4 is 11.6 Å². The fourth-order valence-electron chi connectivity index (χ4n) is 1.88. The Balaban J connectivity index is 1.97. The molecule has 23 heavy (non-hydrogen) atoms. The van der Waals surface area contributed by atoms with Gasteiger partial charge in [-0.2, -0.15) is 17.6 Å². The largest absolute Gasteiger partial charge is 0.435 e. The van der Waals surface area contributed by atoms with Gasteiger partial charge in [0.15, 0.2) is 5.75 Å². The Morgan fingerprint density at radius 2 is 1.87 bits per heavy atom. The molecule has 0 radical (unpaired) electrons. The number of hydrogen-bond donors (Lipinski definition) is 2. The van der Waals surface area contributed by atoms with Gasteiger partial charge in [-0.25, -0.2) is 0 Å². The van der Waals surface area contributed by atoms with Crippen LogP contribution in [0.4, 0.5) is 23.2 Å². The summed E-state index contributed by atoms with van der Waals surface area (Å²) in [6, 6.07) is 3.15. The van der Waals surface area contributed by atoms with Crippen LogP contribution in [0, 0.1) is 5.92 Å². The standard InChI is InChI=1S/C14H16F4N2O3/c15-13(16)22-9-3-4-10(11(5-9)23-14(17)18)20-12(21)7-19-6-8-1-2-8/h3-5,8,13-14,19H,1-2,6-7H2,(H,20,21). The number of carbonyl (C=O) groups excluding carboxylic acids is 1. The third-order valence-corrected chi connectivity index (χ3v) is 3.08. The Labute approximate surface area is 129 Å². The van der Waals surface area contributed by atoms with E-state index in [0.717, 1.165) is 37.6 Å². The maximum absolute atomic E-state index is 12.4. The van der Waals surface area contributed by atoms with Gasteiger partial charge in [0.25, 0.3) is 0 Å². The molecule has 0 heterocycles. The molecule has 1 aliphatic rings. The molecule has 0 aromatic heterocycles. The summed E-state index contributed by atoms with van der Waals surface area (Å²) in [5.41, 5.74) is -0.0508. The smallest absolute Gasteiger partial charge is 0.387 e. The highest BCUT2D eigenvalue weighted by atomic mass is 19.3. The SMILES string of the molecule is O=C(CNCC1CC1)Nc1ccc(OC(F)F)cc1OC(F)F. The van der Waals surface area contributed by atoms with Gasteiger partial charge in [-0.1, -0.05) is 0 Å². The number of alkyl halides is 4. The highest BCUT2D eigenvalue weighted by Crippen LogP contribution is 2.31. The summed E-state index contributed by atoms with van der Waals surface area (Å²) in [6.45, 7) is -5.53. The second-order valence-corrected chi connectivity index (χ2v) is 5.04. The topological polar surface area (TPSA) is 59.6 Å². The monoisotopic (exact) mass is 336 g/mol. The number of rotatable bonds is 9. The minimum absolute atomic E-state index is 0.0138. The second-order valence-electron chi connectivity index (χ2n) is 5.04. The van der Waals surface area contributed by atoms with E-state index in [1.165, 1.54) is 0 Å². The zero-order valence-electron chi connectivity index (χ0n) is 12.0. The number of hydrogen-bond acceptors (Lipinski definition) is 4. The van der Waals surface area contributed by atoms with Crippen LogP contribution in [0.25, 0.3) is 0 Å². The Bertz CT molecular complexity index is 539. The molecule has 0 spiro atoms. The highest BCUT2D eigenvalue weighted by Gasteiger charge is 2.21. The maximum Gasteiger partial charge on any atom is 0.387 e. The third-order valence-electron chi connectivity index (χ3n) is 3.08. The van der Waals surface area contributed by atoms with E-state index in [9.17, 15) is 22.4 Å². The summed E-state index contributed by atoms with van der Waals surface area (Å²) < 4.78 is 57.4. The Morgan fingerprint density at radius 3 is 2.48 bits per heavy atom. The number of anilines is 1. The van der Waals surface area contributed by atoms with E-state index in [1.54, 1.807) is 0 Å². The third kappa shape index (κ3) is 6.31. The Hall–Kier alpha value is -2.03. The van der Waals surface area contributed by atoms with Gasteiger partial charge in [-0.15, -0.1) is 0 Å². The van der Waals surface area contributed by atoms with Crippen molar-refractivity contribution in [3.63, 3.8) is 0 Å². The predicted molar refractivity (Wildman–Crippen MR) is 73.9 cm³/mol. The van der Waals surface area contributed by atoms with E-state index in [-0.39, 0.29) is 18.0 Å². The quantitative estimate of drug-likeness (QED) is 0.681. The number of ether oxygens (including phenoxy) is 2. The van der Waals surface area contributed by atoms with Gasteiger partial charge in [0.1, 0.15) is 5.75 Å². The molecule has 1 aromatic carbocycles. The van der Waals surface area contributed by atoms with Crippen LogP contribution >= 0.6 is 0 Å². The Morgan fingerprint density at radius 1 is 1.17 bits per heavy atom. The summed E-state index contributed by atoms with van der Waals surface area (Å²) in [5.74, 6) is -0.659. The van der Waals surface area contributed by atoms with E-state index >= 15 is 0 Å². The average Bonchev–Trinajstić information content (AvgIpc) is 3.24. The van der Waals surface area contributed by atoms with Crippen LogP contribution in [0.2, 0.25) is 0 Å². The second kappa shape index (κ2) is 8.00. The molecular formula is C14H16F4N2O3. The predicted octanol–water partition coefficient (Wildman–Crippen LogP) is 2.83. The maximum atomic E-state index is 12.4. The van der Waals surface area contributed by atoms with Gasteiger partial charge in [0, 0.05) is 6.07 Å². The van der Waals surface area contributed by atoms with E-state index < -0.39 is 24.9 Å². The molecule has 0 aliphatic heterocycles. The van der Waals surface area contributed by atoms with Crippen molar-refractivity contribution in [1.82, 2.24) is 5.32 Å². The fraction of sp³-hybridized carbons (Fsp3) is 0.500. The van der Waals surface area contributed by atoms with Crippen LogP contribution in [-0.4, -0.2) is 32.2 Å². The molecule has 5 nitrogen and oxygen atoms in total. The summed E-state index contributed by atoms with van der Waals surface area (Å²) in [5, 5.41) is 5.33. The molecule has 1 aliphatic carbocycles. The van der Waals surface area contributed by atoms with Crippen molar-refractivity contribution < 1.29 is 31.8 Å². The van der Waals surface area contributed by atoms with Crippen LogP contribution in [-0.2, 0) is 4.79 Å². The molecule has 128 valence electrons. The molecule has 0 bridgehead atoms. The number of halogens is 4. The van der Waals surface area contributed by atoms with E-state index in [1.807, 2.05) is 0 Å². The summed E-state index contributed by atoms with van der Waals surface area (Å²) in [4.78, 5) is 11.7. The van der Waals surface area contributed by atoms with Gasteiger partial charge in [-0.3, -0.25) is 4.79 Å². The van der Waals surface area contributed by atoms with Crippen molar-refractivity contribution in [3.05, 3.63) is 18.2 Å². The number of carbonyl (C=O) groups is 1. The lowest BCUT2D eigenvalue weighted by Gasteiger charge is -2.14. The number of benzene rings is 1. The normalized spacial score (nSPS) is 14.2. The molecular weight excluding hydrogens is 320 g/mol. The van der Waals surface area contributed by atoms with Crippen LogP contribution in [0.3, 0.4) is 0 Å². The van der Waals surface area contributed by atoms with Gasteiger partial charge in [0.05, 0.1) is 12.2 Å². The van der Waals surface area contributed by atoms with Crippen molar-refractivity contribution in [3.8, 4) is 11.5 Å². The Kier molecular flexibility index (Phi) is 6.03. The van der Waals surface area contributed by atoms with Crippen molar-refractivity contribution in [2.75, 3.05) is 18.4 Å². The summed E-state index contributed by atoms with van der Waals surface area (Å²) >= 11 is 0. The molecule has 0 saturated heterocycles. The first-order valence-corrected chi connectivity index (χ1v) is 6.98. The van der Waals surface area contributed by atoms with E-state index in [4.69, 9.17) is 0 Å². The highest BCUT2D eigenvalue weighted by molar-refractivity contribution is 5.93. The lowest BCUT2D eigenvalue weighted by atomic mass is 10.2. The first kappa shape index (κ1) is 17.3. The molecule has 2 rings (SSSR count). The first-order chi connectivity index (χ1) is 10.9. The molecule has 1 saturated carbocycles. The molecule has 9 heteroatoms. The van der Waals surface area contributed by atoms with Crippen LogP contribution in [0.15, 0.2) is 18.2 Å². The van der Waals surface area contributed by atoms with Crippen molar-refractivity contribution in [2.24, 2.45) is 5.92 Å². The molecule has 0 unspecified atom stereocenters. The van der Waals surface area contributed by atoms with E-state index in [0.29, 0.717) is 5.92 Å². The van der Waals surface area contributed by atoms with Gasteiger partial charge < -0.3 is 20.1 Å². The first-order valence-electron chi connectivity index (χ1n) is 6.98. The lowest BCUT2D eigenvalue weighted by molar-refractivity contribution is -0.115. The fourth-order valence-corrected chi connectivity index (χ4v) is 1.88. The van der Waals surface area contributed by atoms with Crippen LogP contribution < -0.4 is 20.1 Å². The molecule has 1 aromatic rings. The summed E-state index contributed by atoms with van der Waals surface area (Å²) in [7, 11) is 0. The zero-order valence-corrected chi connectivity index (χ0v) is 12.0. The summed E-state index contributed by atoms with van der Waals surface area (Å²) in [6.07, 6.45) is 2.26. The van der Waals surface area contributed by atoms with Crippen LogP contribution in [0.5, 0.6) is 11.5 Å². The van der Waals surface area contributed by atoms with Crippen LogP contribution in [0.1, 0.15) is 12.8 Å². The van der Waals surface area contributed by atoms with Gasteiger partial charge in [0.2, 0.25) is 5.91 Å². The van der Waals surface area contributed by atoms with Gasteiger partial charge >= 0.3 is 13.2 Å². The molecule has 1 fully saturated rings. The molecule has 2 N–H and O–H groups in total. The molecule has 1 amide bonds. The van der Waals surface area contributed by atoms with Gasteiger partial charge in [-0.05, 0) is 37.4 Å². The minimum atomic E-state index is -3.17. The minimum Gasteiger partial charge on any atom is -0.435 e. The molecule has 0 atom stereocenters. The lowest BCUT2D eigenvalue weighted by Crippen LogP contribution is -2.29. The average molecular weight is 336 g/mol. The van der Waals surface area contributed by atoms with Crippen molar-refractivity contribution in [2.45, 2.75) is 26.1 Å². The number of nitrogens with one attached hydrogen (secondary N) is 2. The van der Waals surface area contributed by atoms with Crippen molar-refractivity contribution in [1.29, 1.82) is 0 Å². The van der Waals surface area contributed by atoms with E-state index in [2.05, 4.69) is 20.1 Å². The zero-order chi connectivity index (χ0) is 16.8.